The fourth-order valence-electron chi connectivity index (χ4n) is 1.44. The summed E-state index contributed by atoms with van der Waals surface area (Å²) in [6.07, 6.45) is 0.690. The summed E-state index contributed by atoms with van der Waals surface area (Å²) < 4.78 is 12.9. The van der Waals surface area contributed by atoms with Gasteiger partial charge in [0, 0.05) is 12.8 Å². The van der Waals surface area contributed by atoms with Crippen LogP contribution in [0.2, 0.25) is 0 Å². The van der Waals surface area contributed by atoms with Crippen molar-refractivity contribution in [3.8, 4) is 0 Å². The molecule has 1 aromatic rings. The van der Waals surface area contributed by atoms with Gasteiger partial charge in [-0.25, -0.2) is 4.39 Å². The van der Waals surface area contributed by atoms with Crippen molar-refractivity contribution in [3.05, 3.63) is 35.1 Å². The summed E-state index contributed by atoms with van der Waals surface area (Å²) in [5, 5.41) is 0. The lowest BCUT2D eigenvalue weighted by atomic mass is 10.1. The summed E-state index contributed by atoms with van der Waals surface area (Å²) in [7, 11) is 0. The van der Waals surface area contributed by atoms with Crippen LogP contribution in [0.25, 0.3) is 0 Å². The Kier molecular flexibility index (Phi) is 1.28. The number of halogens is 1. The van der Waals surface area contributed by atoms with E-state index in [1.807, 2.05) is 6.07 Å². The molecule has 2 heteroatoms. The second-order valence-electron chi connectivity index (χ2n) is 2.77. The number of hydrogen-bond donors (Lipinski definition) is 0. The summed E-state index contributed by atoms with van der Waals surface area (Å²) in [4.78, 5) is 10.9. The van der Waals surface area contributed by atoms with Gasteiger partial charge >= 0.3 is 0 Å². The molecule has 0 saturated heterocycles. The summed E-state index contributed by atoms with van der Waals surface area (Å²) in [6, 6.07) is 4.85. The smallest absolute Gasteiger partial charge is 0.141 e. The third kappa shape index (κ3) is 0.946. The Morgan fingerprint density at radius 1 is 1.27 bits per heavy atom. The first-order valence-electron chi connectivity index (χ1n) is 3.55. The van der Waals surface area contributed by atoms with E-state index in [1.165, 1.54) is 6.07 Å². The maximum Gasteiger partial charge on any atom is 0.141 e. The SMILES string of the molecule is O=C1Cc2cccc(F)c2C1. The van der Waals surface area contributed by atoms with Crippen LogP contribution in [0.4, 0.5) is 4.39 Å². The lowest BCUT2D eigenvalue weighted by Gasteiger charge is -1.96. The molecule has 0 radical (unpaired) electrons. The summed E-state index contributed by atoms with van der Waals surface area (Å²) in [5.41, 5.74) is 1.45. The van der Waals surface area contributed by atoms with Crippen molar-refractivity contribution in [1.82, 2.24) is 0 Å². The first kappa shape index (κ1) is 6.53. The second kappa shape index (κ2) is 2.16. The first-order valence-corrected chi connectivity index (χ1v) is 3.55. The van der Waals surface area contributed by atoms with E-state index in [-0.39, 0.29) is 18.0 Å². The minimum Gasteiger partial charge on any atom is -0.299 e. The maximum atomic E-state index is 12.9. The van der Waals surface area contributed by atoms with Crippen LogP contribution >= 0.6 is 0 Å². The zero-order valence-electron chi connectivity index (χ0n) is 5.93. The Morgan fingerprint density at radius 2 is 2.09 bits per heavy atom. The maximum absolute atomic E-state index is 12.9. The average Bonchev–Trinajstić information content (AvgIpc) is 2.31. The van der Waals surface area contributed by atoms with Gasteiger partial charge in [-0.2, -0.15) is 0 Å². The summed E-state index contributed by atoms with van der Waals surface area (Å²) in [6.45, 7) is 0. The molecule has 0 bridgehead atoms. The first-order chi connectivity index (χ1) is 5.27. The molecule has 0 aliphatic heterocycles. The molecule has 0 unspecified atom stereocenters. The van der Waals surface area contributed by atoms with Crippen molar-refractivity contribution in [2.24, 2.45) is 0 Å². The van der Waals surface area contributed by atoms with Crippen molar-refractivity contribution in [3.63, 3.8) is 0 Å². The third-order valence-electron chi connectivity index (χ3n) is 1.98. The lowest BCUT2D eigenvalue weighted by molar-refractivity contribution is -0.117. The Labute approximate surface area is 63.8 Å². The van der Waals surface area contributed by atoms with Crippen LogP contribution in [-0.2, 0) is 17.6 Å². The minimum atomic E-state index is -0.242. The largest absolute Gasteiger partial charge is 0.299 e. The van der Waals surface area contributed by atoms with E-state index in [1.54, 1.807) is 6.07 Å². The van der Waals surface area contributed by atoms with Crippen LogP contribution in [0.5, 0.6) is 0 Å². The van der Waals surface area contributed by atoms with Gasteiger partial charge in [-0.1, -0.05) is 12.1 Å². The predicted octanol–water partition coefficient (Wildman–Crippen LogP) is 1.49. The third-order valence-corrected chi connectivity index (χ3v) is 1.98. The van der Waals surface area contributed by atoms with E-state index in [9.17, 15) is 9.18 Å². The van der Waals surface area contributed by atoms with Crippen LogP contribution in [0.15, 0.2) is 18.2 Å². The van der Waals surface area contributed by atoms with E-state index in [4.69, 9.17) is 0 Å². The fourth-order valence-corrected chi connectivity index (χ4v) is 1.44. The van der Waals surface area contributed by atoms with Gasteiger partial charge in [0.1, 0.15) is 11.6 Å². The van der Waals surface area contributed by atoms with E-state index < -0.39 is 0 Å². The Bertz CT molecular complexity index is 317. The highest BCUT2D eigenvalue weighted by Crippen LogP contribution is 2.21. The van der Waals surface area contributed by atoms with Gasteiger partial charge in [0.2, 0.25) is 0 Å². The number of benzene rings is 1. The average molecular weight is 150 g/mol. The van der Waals surface area contributed by atoms with Gasteiger partial charge in [-0.15, -0.1) is 0 Å². The van der Waals surface area contributed by atoms with Gasteiger partial charge in [-0.05, 0) is 17.2 Å². The number of carbonyl (C=O) groups is 1. The van der Waals surface area contributed by atoms with Crippen molar-refractivity contribution < 1.29 is 9.18 Å². The molecule has 0 amide bonds. The Hall–Kier alpha value is -1.18. The van der Waals surface area contributed by atoms with Gasteiger partial charge in [0.05, 0.1) is 0 Å². The molecule has 0 saturated carbocycles. The molecule has 1 aliphatic carbocycles. The molecule has 0 N–H and O–H groups in total. The molecule has 0 heterocycles. The Morgan fingerprint density at radius 3 is 2.82 bits per heavy atom. The molecule has 1 aliphatic rings. The molecule has 2 rings (SSSR count). The number of Topliss-reactive ketones (excluding diaryl/α,β-unsaturated/α-hetero) is 1. The van der Waals surface area contributed by atoms with Crippen LogP contribution < -0.4 is 0 Å². The van der Waals surface area contributed by atoms with Gasteiger partial charge in [0.25, 0.3) is 0 Å². The van der Waals surface area contributed by atoms with Crippen molar-refractivity contribution in [2.75, 3.05) is 0 Å². The van der Waals surface area contributed by atoms with Crippen molar-refractivity contribution in [1.29, 1.82) is 0 Å². The zero-order valence-corrected chi connectivity index (χ0v) is 5.93. The fraction of sp³-hybridized carbons (Fsp3) is 0.222. The summed E-state index contributed by atoms with van der Waals surface area (Å²) in [5.74, 6) is -0.126. The molecule has 0 fully saturated rings. The van der Waals surface area contributed by atoms with Crippen LogP contribution in [-0.4, -0.2) is 5.78 Å². The van der Waals surface area contributed by atoms with Crippen LogP contribution in [0.1, 0.15) is 11.1 Å². The van der Waals surface area contributed by atoms with Crippen molar-refractivity contribution in [2.45, 2.75) is 12.8 Å². The lowest BCUT2D eigenvalue weighted by Crippen LogP contribution is -1.93. The highest BCUT2D eigenvalue weighted by atomic mass is 19.1. The molecular weight excluding hydrogens is 143 g/mol. The zero-order chi connectivity index (χ0) is 7.84. The number of fused-ring (bicyclic) bond motifs is 1. The molecular formula is C9H7FO. The standard InChI is InChI=1S/C9H7FO/c10-9-3-1-2-6-4-7(11)5-8(6)9/h1-3H,4-5H2. The molecule has 56 valence electrons. The monoisotopic (exact) mass is 150 g/mol. The quantitative estimate of drug-likeness (QED) is 0.547. The molecule has 1 aromatic carbocycles. The highest BCUT2D eigenvalue weighted by molar-refractivity contribution is 5.87. The van der Waals surface area contributed by atoms with Crippen molar-refractivity contribution >= 4 is 5.78 Å². The Balaban J connectivity index is 2.57. The van der Waals surface area contributed by atoms with E-state index in [2.05, 4.69) is 0 Å². The highest BCUT2D eigenvalue weighted by Gasteiger charge is 2.20. The van der Waals surface area contributed by atoms with Crippen LogP contribution in [0, 0.1) is 5.82 Å². The van der Waals surface area contributed by atoms with Gasteiger partial charge in [-0.3, -0.25) is 4.79 Å². The molecule has 0 aromatic heterocycles. The van der Waals surface area contributed by atoms with E-state index in [0.29, 0.717) is 12.0 Å². The van der Waals surface area contributed by atoms with Gasteiger partial charge in [0.15, 0.2) is 0 Å². The molecule has 1 nitrogen and oxygen atoms in total. The van der Waals surface area contributed by atoms with Gasteiger partial charge < -0.3 is 0 Å². The minimum absolute atomic E-state index is 0.116. The number of hydrogen-bond acceptors (Lipinski definition) is 1. The molecule has 11 heavy (non-hydrogen) atoms. The van der Waals surface area contributed by atoms with Crippen LogP contribution in [0.3, 0.4) is 0 Å². The predicted molar refractivity (Wildman–Crippen MR) is 38.8 cm³/mol. The topological polar surface area (TPSA) is 17.1 Å². The normalized spacial score (nSPS) is 15.2. The number of carbonyl (C=O) groups excluding carboxylic acids is 1. The summed E-state index contributed by atoms with van der Waals surface area (Å²) >= 11 is 0. The molecule has 0 atom stereocenters. The van der Waals surface area contributed by atoms with E-state index >= 15 is 0 Å². The number of rotatable bonds is 0. The second-order valence-corrected chi connectivity index (χ2v) is 2.77. The molecule has 0 spiro atoms. The van der Waals surface area contributed by atoms with E-state index in [0.717, 1.165) is 5.56 Å². The number of ketones is 1.